The van der Waals surface area contributed by atoms with Gasteiger partial charge in [0.15, 0.2) is 5.82 Å². The Kier molecular flexibility index (Phi) is 4.77. The Labute approximate surface area is 132 Å². The first-order chi connectivity index (χ1) is 11.3. The molecule has 9 heteroatoms. The van der Waals surface area contributed by atoms with Crippen LogP contribution in [0.1, 0.15) is 41.0 Å². The number of aromatic nitrogens is 4. The lowest BCUT2D eigenvalue weighted by Crippen LogP contribution is -2.26. The van der Waals surface area contributed by atoms with E-state index < -0.39 is 0 Å². The van der Waals surface area contributed by atoms with E-state index in [4.69, 9.17) is 14.0 Å². The van der Waals surface area contributed by atoms with Crippen LogP contribution in [0.5, 0.6) is 6.01 Å². The topological polar surface area (TPSA) is 112 Å². The van der Waals surface area contributed by atoms with Crippen molar-refractivity contribution in [3.63, 3.8) is 0 Å². The van der Waals surface area contributed by atoms with Crippen LogP contribution in [0.3, 0.4) is 0 Å². The molecular formula is C14H17N5O4. The molecule has 23 heavy (non-hydrogen) atoms. The third-order valence-electron chi connectivity index (χ3n) is 3.40. The largest absolute Gasteiger partial charge is 0.467 e. The molecule has 1 atom stereocenters. The molecular weight excluding hydrogens is 302 g/mol. The molecule has 0 saturated carbocycles. The minimum absolute atomic E-state index is 0.0951. The molecule has 1 aliphatic rings. The van der Waals surface area contributed by atoms with E-state index in [1.807, 2.05) is 0 Å². The second kappa shape index (κ2) is 7.14. The quantitative estimate of drug-likeness (QED) is 0.827. The molecule has 0 spiro atoms. The van der Waals surface area contributed by atoms with Gasteiger partial charge in [0.2, 0.25) is 0 Å². The molecule has 0 aromatic carbocycles. The highest BCUT2D eigenvalue weighted by Gasteiger charge is 2.23. The lowest BCUT2D eigenvalue weighted by Gasteiger charge is -2.03. The van der Waals surface area contributed by atoms with Gasteiger partial charge in [-0.1, -0.05) is 5.16 Å². The van der Waals surface area contributed by atoms with Gasteiger partial charge < -0.3 is 19.3 Å². The van der Waals surface area contributed by atoms with Crippen molar-refractivity contribution < 1.29 is 18.8 Å². The van der Waals surface area contributed by atoms with Gasteiger partial charge in [0.1, 0.15) is 6.10 Å². The molecule has 2 aromatic rings. The Balaban J connectivity index is 1.47. The number of methoxy groups -OCH3 is 1. The molecule has 3 heterocycles. The van der Waals surface area contributed by atoms with Gasteiger partial charge in [0, 0.05) is 32.0 Å². The molecule has 9 nitrogen and oxygen atoms in total. The van der Waals surface area contributed by atoms with Gasteiger partial charge in [-0.3, -0.25) is 4.79 Å². The maximum Gasteiger partial charge on any atom is 0.316 e. The van der Waals surface area contributed by atoms with Crippen molar-refractivity contribution in [2.45, 2.75) is 25.4 Å². The Morgan fingerprint density at radius 3 is 2.96 bits per heavy atom. The van der Waals surface area contributed by atoms with Crippen LogP contribution < -0.4 is 10.1 Å². The first-order valence-corrected chi connectivity index (χ1v) is 7.34. The van der Waals surface area contributed by atoms with Crippen molar-refractivity contribution in [3.8, 4) is 6.01 Å². The third kappa shape index (κ3) is 3.81. The van der Waals surface area contributed by atoms with Crippen molar-refractivity contribution in [1.82, 2.24) is 25.4 Å². The Bertz CT molecular complexity index is 651. The summed E-state index contributed by atoms with van der Waals surface area (Å²) < 4.78 is 15.5. The summed E-state index contributed by atoms with van der Waals surface area (Å²) in [4.78, 5) is 24.0. The average Bonchev–Trinajstić information content (AvgIpc) is 3.26. The summed E-state index contributed by atoms with van der Waals surface area (Å²) in [6, 6.07) is 0.218. The average molecular weight is 319 g/mol. The number of ether oxygens (including phenoxy) is 2. The van der Waals surface area contributed by atoms with Crippen LogP contribution in [0.25, 0.3) is 0 Å². The zero-order valence-corrected chi connectivity index (χ0v) is 12.7. The van der Waals surface area contributed by atoms with E-state index in [2.05, 4.69) is 25.4 Å². The minimum Gasteiger partial charge on any atom is -0.467 e. The predicted molar refractivity (Wildman–Crippen MR) is 76.8 cm³/mol. The number of nitrogens with zero attached hydrogens (tertiary/aromatic N) is 4. The fourth-order valence-corrected chi connectivity index (χ4v) is 2.20. The van der Waals surface area contributed by atoms with E-state index in [0.717, 1.165) is 19.4 Å². The summed E-state index contributed by atoms with van der Waals surface area (Å²) in [6.45, 7) is 1.11. The third-order valence-corrected chi connectivity index (χ3v) is 3.40. The van der Waals surface area contributed by atoms with E-state index >= 15 is 0 Å². The summed E-state index contributed by atoms with van der Waals surface area (Å²) in [7, 11) is 1.46. The second-order valence-electron chi connectivity index (χ2n) is 5.01. The second-order valence-corrected chi connectivity index (χ2v) is 5.01. The lowest BCUT2D eigenvalue weighted by molar-refractivity contribution is 0.0835. The van der Waals surface area contributed by atoms with Crippen molar-refractivity contribution >= 4 is 5.91 Å². The molecule has 0 unspecified atom stereocenters. The summed E-state index contributed by atoms with van der Waals surface area (Å²) in [5.74, 6) is 0.782. The van der Waals surface area contributed by atoms with E-state index in [0.29, 0.717) is 30.2 Å². The van der Waals surface area contributed by atoms with Gasteiger partial charge in [-0.2, -0.15) is 4.98 Å². The van der Waals surface area contributed by atoms with Crippen molar-refractivity contribution in [2.75, 3.05) is 20.3 Å². The molecule has 2 aromatic heterocycles. The Morgan fingerprint density at radius 2 is 2.26 bits per heavy atom. The van der Waals surface area contributed by atoms with Crippen LogP contribution >= 0.6 is 0 Å². The van der Waals surface area contributed by atoms with Crippen LogP contribution in [0.15, 0.2) is 16.9 Å². The highest BCUT2D eigenvalue weighted by molar-refractivity contribution is 5.93. The predicted octanol–water partition coefficient (Wildman–Crippen LogP) is 0.692. The molecule has 3 rings (SSSR count). The molecule has 1 saturated heterocycles. The van der Waals surface area contributed by atoms with Crippen LogP contribution in [0.2, 0.25) is 0 Å². The summed E-state index contributed by atoms with van der Waals surface area (Å²) >= 11 is 0. The number of carbonyl (C=O) groups is 1. The first-order valence-electron chi connectivity index (χ1n) is 7.34. The van der Waals surface area contributed by atoms with E-state index in [1.54, 1.807) is 0 Å². The molecule has 1 amide bonds. The van der Waals surface area contributed by atoms with E-state index in [-0.39, 0.29) is 18.0 Å². The Morgan fingerprint density at radius 1 is 1.43 bits per heavy atom. The lowest BCUT2D eigenvalue weighted by atomic mass is 10.2. The minimum atomic E-state index is -0.268. The van der Waals surface area contributed by atoms with E-state index in [1.165, 1.54) is 19.5 Å². The van der Waals surface area contributed by atoms with Crippen LogP contribution in [-0.2, 0) is 11.2 Å². The zero-order chi connectivity index (χ0) is 16.1. The number of amides is 1. The maximum atomic E-state index is 11.9. The number of rotatable bonds is 6. The molecule has 0 aliphatic carbocycles. The highest BCUT2D eigenvalue weighted by Crippen LogP contribution is 2.26. The van der Waals surface area contributed by atoms with Gasteiger partial charge >= 0.3 is 6.01 Å². The summed E-state index contributed by atoms with van der Waals surface area (Å²) in [5, 5.41) is 6.65. The Hall–Kier alpha value is -2.55. The normalized spacial score (nSPS) is 17.2. The number of nitrogens with one attached hydrogen (secondary N) is 1. The van der Waals surface area contributed by atoms with Crippen LogP contribution in [0.4, 0.5) is 0 Å². The van der Waals surface area contributed by atoms with Crippen LogP contribution in [-0.4, -0.2) is 46.3 Å². The smallest absolute Gasteiger partial charge is 0.316 e. The molecule has 1 N–H and O–H groups in total. The van der Waals surface area contributed by atoms with Gasteiger partial charge in [0.05, 0.1) is 12.7 Å². The molecule has 1 fully saturated rings. The number of carbonyl (C=O) groups excluding carboxylic acids is 1. The fraction of sp³-hybridized carbons (Fsp3) is 0.500. The van der Waals surface area contributed by atoms with Crippen molar-refractivity contribution in [1.29, 1.82) is 0 Å². The van der Waals surface area contributed by atoms with Crippen molar-refractivity contribution in [3.05, 3.63) is 29.7 Å². The molecule has 1 aliphatic heterocycles. The van der Waals surface area contributed by atoms with Crippen LogP contribution in [0, 0.1) is 0 Å². The van der Waals surface area contributed by atoms with Gasteiger partial charge in [-0.25, -0.2) is 9.97 Å². The standard InChI is InChI=1S/C14H17N5O4/c1-21-14-16-7-9(8-17-14)12(20)15-5-4-11-18-13(23-19-11)10-3-2-6-22-10/h7-8,10H,2-6H2,1H3,(H,15,20)/t10-/m1/s1. The first kappa shape index (κ1) is 15.3. The zero-order valence-electron chi connectivity index (χ0n) is 12.7. The van der Waals surface area contributed by atoms with Gasteiger partial charge in [-0.05, 0) is 12.8 Å². The monoisotopic (exact) mass is 319 g/mol. The molecule has 122 valence electrons. The summed E-state index contributed by atoms with van der Waals surface area (Å²) in [5.41, 5.74) is 0.360. The van der Waals surface area contributed by atoms with E-state index in [9.17, 15) is 4.79 Å². The molecule has 0 bridgehead atoms. The highest BCUT2D eigenvalue weighted by atomic mass is 16.5. The SMILES string of the molecule is COc1ncc(C(=O)NCCc2noc([C@H]3CCCO3)n2)cn1. The number of hydrogen-bond acceptors (Lipinski definition) is 8. The maximum absolute atomic E-state index is 11.9. The fourth-order valence-electron chi connectivity index (χ4n) is 2.20. The van der Waals surface area contributed by atoms with Crippen molar-refractivity contribution in [2.24, 2.45) is 0 Å². The molecule has 0 radical (unpaired) electrons. The van der Waals surface area contributed by atoms with Gasteiger partial charge in [0.25, 0.3) is 11.8 Å². The number of hydrogen-bond donors (Lipinski definition) is 1. The summed E-state index contributed by atoms with van der Waals surface area (Å²) in [6.07, 6.45) is 5.09. The van der Waals surface area contributed by atoms with Gasteiger partial charge in [-0.15, -0.1) is 0 Å².